The first kappa shape index (κ1) is 12.0. The zero-order chi connectivity index (χ0) is 11.4. The maximum atomic E-state index is 10.8. The van der Waals surface area contributed by atoms with Gasteiger partial charge in [0.15, 0.2) is 0 Å². The zero-order valence-corrected chi connectivity index (χ0v) is 10.5. The van der Waals surface area contributed by atoms with Gasteiger partial charge < -0.3 is 14.3 Å². The second kappa shape index (κ2) is 5.16. The minimum Gasteiger partial charge on any atom is -0.496 e. The molecule has 0 aliphatic carbocycles. The molecule has 1 atom stereocenters. The predicted octanol–water partition coefficient (Wildman–Crippen LogP) is 2.77. The van der Waals surface area contributed by atoms with Gasteiger partial charge in [-0.15, -0.1) is 0 Å². The zero-order valence-electron chi connectivity index (χ0n) is 8.91. The van der Waals surface area contributed by atoms with E-state index in [0.29, 0.717) is 11.5 Å². The Morgan fingerprint density at radius 1 is 1.27 bits per heavy atom. The number of rotatable bonds is 4. The van der Waals surface area contributed by atoms with Crippen LogP contribution in [0.15, 0.2) is 16.6 Å². The van der Waals surface area contributed by atoms with Crippen molar-refractivity contribution in [3.8, 4) is 11.5 Å². The number of aldehydes is 1. The molecule has 0 amide bonds. The Morgan fingerprint density at radius 2 is 1.73 bits per heavy atom. The van der Waals surface area contributed by atoms with Crippen molar-refractivity contribution in [1.82, 2.24) is 0 Å². The summed E-state index contributed by atoms with van der Waals surface area (Å²) in [5.41, 5.74) is 0.776. The Balaban J connectivity index is 3.36. The Labute approximate surface area is 97.5 Å². The molecular formula is C11H13BrO3. The minimum absolute atomic E-state index is 0.247. The van der Waals surface area contributed by atoms with Gasteiger partial charge in [0.05, 0.1) is 14.2 Å². The van der Waals surface area contributed by atoms with Crippen molar-refractivity contribution in [3.05, 3.63) is 22.2 Å². The van der Waals surface area contributed by atoms with Crippen LogP contribution in [0.2, 0.25) is 0 Å². The van der Waals surface area contributed by atoms with E-state index in [1.807, 2.05) is 12.1 Å². The first-order valence-corrected chi connectivity index (χ1v) is 5.30. The van der Waals surface area contributed by atoms with Crippen molar-refractivity contribution in [2.24, 2.45) is 0 Å². The monoisotopic (exact) mass is 272 g/mol. The molecular weight excluding hydrogens is 260 g/mol. The molecule has 0 spiro atoms. The summed E-state index contributed by atoms with van der Waals surface area (Å²) in [6.45, 7) is 1.81. The molecule has 1 aromatic carbocycles. The van der Waals surface area contributed by atoms with Gasteiger partial charge in [0.25, 0.3) is 0 Å². The van der Waals surface area contributed by atoms with Gasteiger partial charge in [-0.05, 0) is 12.1 Å². The number of benzene rings is 1. The third-order valence-electron chi connectivity index (χ3n) is 2.17. The van der Waals surface area contributed by atoms with Gasteiger partial charge in [-0.3, -0.25) is 0 Å². The van der Waals surface area contributed by atoms with Crippen LogP contribution >= 0.6 is 15.9 Å². The normalized spacial score (nSPS) is 12.0. The van der Waals surface area contributed by atoms with Crippen LogP contribution in [0, 0.1) is 0 Å². The van der Waals surface area contributed by atoms with Crippen LogP contribution in [0.25, 0.3) is 0 Å². The molecule has 1 aromatic rings. The topological polar surface area (TPSA) is 35.5 Å². The molecule has 3 nitrogen and oxygen atoms in total. The SMILES string of the molecule is COc1cc(Br)cc(OC)c1C(C)C=O. The van der Waals surface area contributed by atoms with Crippen molar-refractivity contribution >= 4 is 22.2 Å². The van der Waals surface area contributed by atoms with Crippen molar-refractivity contribution in [2.75, 3.05) is 14.2 Å². The van der Waals surface area contributed by atoms with Crippen LogP contribution < -0.4 is 9.47 Å². The molecule has 0 aliphatic heterocycles. The lowest BCUT2D eigenvalue weighted by atomic mass is 10.0. The summed E-state index contributed by atoms with van der Waals surface area (Å²) in [6, 6.07) is 3.63. The molecule has 0 fully saturated rings. The average molecular weight is 273 g/mol. The molecule has 0 radical (unpaired) electrons. The highest BCUT2D eigenvalue weighted by Crippen LogP contribution is 2.37. The minimum atomic E-state index is -0.247. The Morgan fingerprint density at radius 3 is 2.07 bits per heavy atom. The van der Waals surface area contributed by atoms with Crippen molar-refractivity contribution in [1.29, 1.82) is 0 Å². The van der Waals surface area contributed by atoms with E-state index in [-0.39, 0.29) is 5.92 Å². The summed E-state index contributed by atoms with van der Waals surface area (Å²) < 4.78 is 11.3. The highest BCUT2D eigenvalue weighted by Gasteiger charge is 2.17. The van der Waals surface area contributed by atoms with Crippen LogP contribution in [-0.4, -0.2) is 20.5 Å². The predicted molar refractivity (Wildman–Crippen MR) is 61.7 cm³/mol. The van der Waals surface area contributed by atoms with Gasteiger partial charge in [0.1, 0.15) is 17.8 Å². The number of hydrogen-bond acceptors (Lipinski definition) is 3. The molecule has 0 N–H and O–H groups in total. The molecule has 82 valence electrons. The Hall–Kier alpha value is -1.03. The molecule has 0 saturated heterocycles. The summed E-state index contributed by atoms with van der Waals surface area (Å²) in [7, 11) is 3.14. The lowest BCUT2D eigenvalue weighted by Crippen LogP contribution is -2.02. The number of hydrogen-bond donors (Lipinski definition) is 0. The quantitative estimate of drug-likeness (QED) is 0.791. The number of ether oxygens (including phenoxy) is 2. The van der Waals surface area contributed by atoms with E-state index in [2.05, 4.69) is 15.9 Å². The van der Waals surface area contributed by atoms with E-state index in [9.17, 15) is 4.79 Å². The highest BCUT2D eigenvalue weighted by atomic mass is 79.9. The summed E-state index contributed by atoms with van der Waals surface area (Å²) in [5.74, 6) is 1.06. The van der Waals surface area contributed by atoms with Gasteiger partial charge in [0, 0.05) is 16.0 Å². The van der Waals surface area contributed by atoms with Crippen LogP contribution in [0.1, 0.15) is 18.4 Å². The lowest BCUT2D eigenvalue weighted by Gasteiger charge is -2.15. The molecule has 1 unspecified atom stereocenters. The summed E-state index contributed by atoms with van der Waals surface area (Å²) >= 11 is 3.35. The van der Waals surface area contributed by atoms with Crippen LogP contribution in [0.5, 0.6) is 11.5 Å². The number of carbonyl (C=O) groups excluding carboxylic acids is 1. The molecule has 0 aliphatic rings. The highest BCUT2D eigenvalue weighted by molar-refractivity contribution is 9.10. The van der Waals surface area contributed by atoms with Crippen molar-refractivity contribution in [3.63, 3.8) is 0 Å². The summed E-state index contributed by atoms with van der Waals surface area (Å²) in [5, 5.41) is 0. The molecule has 0 aromatic heterocycles. The molecule has 0 heterocycles. The standard InChI is InChI=1S/C11H13BrO3/c1-7(6-13)11-9(14-2)4-8(12)5-10(11)15-3/h4-7H,1-3H3. The lowest BCUT2D eigenvalue weighted by molar-refractivity contribution is -0.108. The van der Waals surface area contributed by atoms with E-state index in [1.165, 1.54) is 0 Å². The average Bonchev–Trinajstić information content (AvgIpc) is 2.26. The van der Waals surface area contributed by atoms with E-state index in [4.69, 9.17) is 9.47 Å². The van der Waals surface area contributed by atoms with E-state index < -0.39 is 0 Å². The van der Waals surface area contributed by atoms with Crippen molar-refractivity contribution in [2.45, 2.75) is 12.8 Å². The van der Waals surface area contributed by atoms with E-state index in [0.717, 1.165) is 16.3 Å². The van der Waals surface area contributed by atoms with Crippen LogP contribution in [0.3, 0.4) is 0 Å². The van der Waals surface area contributed by atoms with Crippen LogP contribution in [0.4, 0.5) is 0 Å². The molecule has 0 bridgehead atoms. The fourth-order valence-electron chi connectivity index (χ4n) is 1.42. The number of carbonyl (C=O) groups is 1. The number of halogens is 1. The van der Waals surface area contributed by atoms with Gasteiger partial charge in [-0.1, -0.05) is 22.9 Å². The second-order valence-corrected chi connectivity index (χ2v) is 4.06. The van der Waals surface area contributed by atoms with E-state index in [1.54, 1.807) is 21.1 Å². The first-order chi connectivity index (χ1) is 7.13. The Kier molecular flexibility index (Phi) is 4.15. The van der Waals surface area contributed by atoms with Gasteiger partial charge in [-0.2, -0.15) is 0 Å². The number of methoxy groups -OCH3 is 2. The van der Waals surface area contributed by atoms with Gasteiger partial charge in [0.2, 0.25) is 0 Å². The van der Waals surface area contributed by atoms with Crippen molar-refractivity contribution < 1.29 is 14.3 Å². The van der Waals surface area contributed by atoms with E-state index >= 15 is 0 Å². The Bertz CT molecular complexity index is 338. The molecule has 0 saturated carbocycles. The fourth-order valence-corrected chi connectivity index (χ4v) is 1.84. The third-order valence-corrected chi connectivity index (χ3v) is 2.63. The maximum Gasteiger partial charge on any atom is 0.127 e. The summed E-state index contributed by atoms with van der Waals surface area (Å²) in [4.78, 5) is 10.8. The molecule has 4 heteroatoms. The molecule has 15 heavy (non-hydrogen) atoms. The van der Waals surface area contributed by atoms with Crippen LogP contribution in [-0.2, 0) is 4.79 Å². The van der Waals surface area contributed by atoms with Gasteiger partial charge >= 0.3 is 0 Å². The first-order valence-electron chi connectivity index (χ1n) is 4.50. The maximum absolute atomic E-state index is 10.8. The molecule has 1 rings (SSSR count). The fraction of sp³-hybridized carbons (Fsp3) is 0.364. The third kappa shape index (κ3) is 2.50. The van der Waals surface area contributed by atoms with Gasteiger partial charge in [-0.25, -0.2) is 0 Å². The smallest absolute Gasteiger partial charge is 0.127 e. The largest absolute Gasteiger partial charge is 0.496 e. The second-order valence-electron chi connectivity index (χ2n) is 3.15. The summed E-state index contributed by atoms with van der Waals surface area (Å²) in [6.07, 6.45) is 0.869.